The summed E-state index contributed by atoms with van der Waals surface area (Å²) in [6.07, 6.45) is 0. The number of nitriles is 1. The maximum absolute atomic E-state index is 13.2. The minimum absolute atomic E-state index is 0.209. The van der Waals surface area contributed by atoms with Gasteiger partial charge in [-0.1, -0.05) is 12.1 Å². The van der Waals surface area contributed by atoms with Crippen molar-refractivity contribution in [3.63, 3.8) is 0 Å². The molecule has 3 aromatic rings. The van der Waals surface area contributed by atoms with E-state index in [2.05, 4.69) is 11.4 Å². The molecule has 0 fully saturated rings. The van der Waals surface area contributed by atoms with Crippen molar-refractivity contribution in [1.82, 2.24) is 4.57 Å². The van der Waals surface area contributed by atoms with E-state index >= 15 is 0 Å². The number of rotatable bonds is 6. The van der Waals surface area contributed by atoms with Gasteiger partial charge in [0.05, 0.1) is 5.56 Å². The van der Waals surface area contributed by atoms with Crippen molar-refractivity contribution in [2.45, 2.75) is 20.4 Å². The Morgan fingerprint density at radius 3 is 2.47 bits per heavy atom. The average molecular weight is 437 g/mol. The van der Waals surface area contributed by atoms with Gasteiger partial charge in [-0.3, -0.25) is 4.79 Å². The number of anilines is 1. The minimum Gasteiger partial charge on any atom is -0.508 e. The van der Waals surface area contributed by atoms with Crippen molar-refractivity contribution >= 4 is 17.7 Å². The highest BCUT2D eigenvalue weighted by Crippen LogP contribution is 2.28. The lowest BCUT2D eigenvalue weighted by atomic mass is 10.2. The van der Waals surface area contributed by atoms with Crippen molar-refractivity contribution < 1.29 is 28.9 Å². The van der Waals surface area contributed by atoms with Gasteiger partial charge < -0.3 is 24.8 Å². The zero-order valence-electron chi connectivity index (χ0n) is 17.3. The first-order valence-corrected chi connectivity index (χ1v) is 9.54. The highest BCUT2D eigenvalue weighted by Gasteiger charge is 2.21. The van der Waals surface area contributed by atoms with Crippen LogP contribution >= 0.6 is 0 Å². The van der Waals surface area contributed by atoms with Crippen molar-refractivity contribution in [2.75, 3.05) is 11.9 Å². The van der Waals surface area contributed by atoms with Crippen LogP contribution < -0.4 is 5.32 Å². The van der Waals surface area contributed by atoms with Gasteiger partial charge in [-0.2, -0.15) is 5.26 Å². The molecule has 0 aliphatic rings. The second-order valence-corrected chi connectivity index (χ2v) is 7.08. The van der Waals surface area contributed by atoms with Crippen LogP contribution in [0.3, 0.4) is 0 Å². The molecular formula is C23H20FN3O5. The quantitative estimate of drug-likeness (QED) is 0.508. The topological polar surface area (TPSA) is 125 Å². The molecule has 2 aromatic carbocycles. The molecule has 8 nitrogen and oxygen atoms in total. The van der Waals surface area contributed by atoms with E-state index in [9.17, 15) is 29.5 Å². The van der Waals surface area contributed by atoms with Crippen LogP contribution in [-0.4, -0.2) is 33.3 Å². The smallest absolute Gasteiger partial charge is 0.342 e. The minimum atomic E-state index is -0.952. The van der Waals surface area contributed by atoms with Gasteiger partial charge in [-0.15, -0.1) is 0 Å². The van der Waals surface area contributed by atoms with Crippen LogP contribution in [0.2, 0.25) is 0 Å². The molecule has 0 aliphatic heterocycles. The molecule has 0 saturated carbocycles. The number of benzene rings is 2. The van der Waals surface area contributed by atoms with Crippen LogP contribution in [0, 0.1) is 31.0 Å². The summed E-state index contributed by atoms with van der Waals surface area (Å²) in [7, 11) is 0. The lowest BCUT2D eigenvalue weighted by Gasteiger charge is -2.13. The monoisotopic (exact) mass is 437 g/mol. The molecule has 9 heteroatoms. The third kappa shape index (κ3) is 4.70. The second-order valence-electron chi connectivity index (χ2n) is 7.08. The maximum Gasteiger partial charge on any atom is 0.342 e. The standard InChI is InChI=1S/C23H20FN3O5/c1-13-14(2)27(11-15-3-5-16(24)6-4-15)22(19(13)10-25)26-21(30)12-32-23(31)18-8-7-17(28)9-20(18)29/h3-9,28-29H,11-12H2,1-2H3,(H,26,30). The van der Waals surface area contributed by atoms with Gasteiger partial charge >= 0.3 is 5.97 Å². The number of carbonyl (C=O) groups is 2. The summed E-state index contributed by atoms with van der Waals surface area (Å²) in [6.45, 7) is 3.16. The van der Waals surface area contributed by atoms with E-state index < -0.39 is 24.2 Å². The fourth-order valence-electron chi connectivity index (χ4n) is 3.17. The summed E-state index contributed by atoms with van der Waals surface area (Å²) in [4.78, 5) is 24.6. The van der Waals surface area contributed by atoms with E-state index in [1.165, 1.54) is 24.3 Å². The zero-order chi connectivity index (χ0) is 23.4. The van der Waals surface area contributed by atoms with Crippen LogP contribution in [-0.2, 0) is 16.1 Å². The van der Waals surface area contributed by atoms with E-state index in [4.69, 9.17) is 4.74 Å². The Bertz CT molecular complexity index is 1230. The van der Waals surface area contributed by atoms with Gasteiger partial charge in [0, 0.05) is 18.3 Å². The normalized spacial score (nSPS) is 10.4. The molecule has 3 rings (SSSR count). The Morgan fingerprint density at radius 1 is 1.16 bits per heavy atom. The van der Waals surface area contributed by atoms with Crippen LogP contribution in [0.4, 0.5) is 10.2 Å². The van der Waals surface area contributed by atoms with Gasteiger partial charge in [-0.05, 0) is 49.2 Å². The highest BCUT2D eigenvalue weighted by molar-refractivity contribution is 5.97. The Kier molecular flexibility index (Phi) is 6.45. The van der Waals surface area contributed by atoms with E-state index in [-0.39, 0.29) is 35.1 Å². The first kappa shape index (κ1) is 22.4. The number of hydrogen-bond donors (Lipinski definition) is 3. The van der Waals surface area contributed by atoms with E-state index in [0.29, 0.717) is 5.56 Å². The number of nitrogens with zero attached hydrogens (tertiary/aromatic N) is 2. The molecule has 1 aromatic heterocycles. The zero-order valence-corrected chi connectivity index (χ0v) is 17.3. The van der Waals surface area contributed by atoms with Crippen molar-refractivity contribution in [2.24, 2.45) is 0 Å². The number of phenolic OH excluding ortho intramolecular Hbond substituents is 2. The van der Waals surface area contributed by atoms with E-state index in [1.807, 2.05) is 0 Å². The molecule has 0 bridgehead atoms. The van der Waals surface area contributed by atoms with Crippen LogP contribution in [0.25, 0.3) is 0 Å². The summed E-state index contributed by atoms with van der Waals surface area (Å²) >= 11 is 0. The first-order chi connectivity index (χ1) is 15.2. The summed E-state index contributed by atoms with van der Waals surface area (Å²) in [5.74, 6) is -2.49. The predicted octanol–water partition coefficient (Wildman–Crippen LogP) is 3.37. The van der Waals surface area contributed by atoms with Crippen molar-refractivity contribution in [1.29, 1.82) is 5.26 Å². The third-order valence-corrected chi connectivity index (χ3v) is 4.99. The average Bonchev–Trinajstić information content (AvgIpc) is 2.97. The Morgan fingerprint density at radius 2 is 1.84 bits per heavy atom. The number of aromatic nitrogens is 1. The molecule has 0 spiro atoms. The lowest BCUT2D eigenvalue weighted by molar-refractivity contribution is -0.119. The molecule has 32 heavy (non-hydrogen) atoms. The second kappa shape index (κ2) is 9.22. The van der Waals surface area contributed by atoms with Crippen molar-refractivity contribution in [3.05, 3.63) is 76.2 Å². The molecule has 1 heterocycles. The SMILES string of the molecule is Cc1c(C#N)c(NC(=O)COC(=O)c2ccc(O)cc2O)n(Cc2ccc(F)cc2)c1C. The van der Waals surface area contributed by atoms with Crippen molar-refractivity contribution in [3.8, 4) is 17.6 Å². The fraction of sp³-hybridized carbons (Fsp3) is 0.174. The molecular weight excluding hydrogens is 417 g/mol. The van der Waals surface area contributed by atoms with Gasteiger partial charge in [0.25, 0.3) is 5.91 Å². The molecule has 1 amide bonds. The first-order valence-electron chi connectivity index (χ1n) is 9.54. The Hall–Kier alpha value is -4.32. The Balaban J connectivity index is 1.77. The molecule has 0 radical (unpaired) electrons. The van der Waals surface area contributed by atoms with Gasteiger partial charge in [0.15, 0.2) is 6.61 Å². The number of carbonyl (C=O) groups excluding carboxylic acids is 2. The maximum atomic E-state index is 13.2. The fourth-order valence-corrected chi connectivity index (χ4v) is 3.17. The predicted molar refractivity (Wildman–Crippen MR) is 113 cm³/mol. The summed E-state index contributed by atoms with van der Waals surface area (Å²) in [5.41, 5.74) is 2.24. The third-order valence-electron chi connectivity index (χ3n) is 4.99. The number of esters is 1. The largest absolute Gasteiger partial charge is 0.508 e. The number of phenols is 2. The van der Waals surface area contributed by atoms with Crippen LogP contribution in [0.1, 0.15) is 32.7 Å². The number of aromatic hydroxyl groups is 2. The van der Waals surface area contributed by atoms with Gasteiger partial charge in [0.2, 0.25) is 0 Å². The number of ether oxygens (including phenoxy) is 1. The number of halogens is 1. The lowest BCUT2D eigenvalue weighted by Crippen LogP contribution is -2.23. The van der Waals surface area contributed by atoms with Crippen LogP contribution in [0.5, 0.6) is 11.5 Å². The highest BCUT2D eigenvalue weighted by atomic mass is 19.1. The van der Waals surface area contributed by atoms with Gasteiger partial charge in [0.1, 0.15) is 34.8 Å². The summed E-state index contributed by atoms with van der Waals surface area (Å²) < 4.78 is 19.9. The molecule has 3 N–H and O–H groups in total. The van der Waals surface area contributed by atoms with E-state index in [1.54, 1.807) is 30.5 Å². The number of nitrogens with one attached hydrogen (secondary N) is 1. The summed E-state index contributed by atoms with van der Waals surface area (Å²) in [5, 5.41) is 31.2. The Labute approximate surface area is 183 Å². The number of hydrogen-bond acceptors (Lipinski definition) is 6. The van der Waals surface area contributed by atoms with E-state index in [0.717, 1.165) is 17.3 Å². The molecule has 164 valence electrons. The molecule has 0 aliphatic carbocycles. The molecule has 0 unspecified atom stereocenters. The van der Waals surface area contributed by atoms with Crippen LogP contribution in [0.15, 0.2) is 42.5 Å². The number of amides is 1. The van der Waals surface area contributed by atoms with Gasteiger partial charge in [-0.25, -0.2) is 9.18 Å². The molecule has 0 atom stereocenters. The molecule has 0 saturated heterocycles. The summed E-state index contributed by atoms with van der Waals surface area (Å²) in [6, 6.07) is 11.3.